The fourth-order valence-electron chi connectivity index (χ4n) is 1.66. The highest BCUT2D eigenvalue weighted by Crippen LogP contribution is 2.18. The molecule has 0 N–H and O–H groups in total. The minimum Gasteiger partial charge on any atom is -0.463 e. The van der Waals surface area contributed by atoms with Crippen molar-refractivity contribution in [3.8, 4) is 0 Å². The summed E-state index contributed by atoms with van der Waals surface area (Å²) in [5.41, 5.74) is 2.97. The molecule has 17 heavy (non-hydrogen) atoms. The third-order valence-corrected chi connectivity index (χ3v) is 2.60. The van der Waals surface area contributed by atoms with Crippen molar-refractivity contribution in [1.29, 1.82) is 0 Å². The molecule has 0 aliphatic carbocycles. The van der Waals surface area contributed by atoms with Gasteiger partial charge >= 0.3 is 5.97 Å². The SMILES string of the molecule is CCOC(=O)C1CC(c2ccc(C)cc2)=NO1. The number of carbonyl (C=O) groups is 1. The maximum atomic E-state index is 11.5. The monoisotopic (exact) mass is 233 g/mol. The van der Waals surface area contributed by atoms with Crippen LogP contribution in [0.3, 0.4) is 0 Å². The molecule has 0 spiro atoms. The van der Waals surface area contributed by atoms with E-state index >= 15 is 0 Å². The number of aryl methyl sites for hydroxylation is 1. The first kappa shape index (κ1) is 11.6. The zero-order valence-corrected chi connectivity index (χ0v) is 9.97. The molecule has 1 unspecified atom stereocenters. The summed E-state index contributed by atoms with van der Waals surface area (Å²) < 4.78 is 4.89. The smallest absolute Gasteiger partial charge is 0.350 e. The summed E-state index contributed by atoms with van der Waals surface area (Å²) >= 11 is 0. The lowest BCUT2D eigenvalue weighted by molar-refractivity contribution is -0.154. The summed E-state index contributed by atoms with van der Waals surface area (Å²) in [5.74, 6) is -0.349. The molecular weight excluding hydrogens is 218 g/mol. The topological polar surface area (TPSA) is 47.9 Å². The molecule has 90 valence electrons. The van der Waals surface area contributed by atoms with E-state index in [1.807, 2.05) is 31.2 Å². The Bertz CT molecular complexity index is 436. The van der Waals surface area contributed by atoms with Crippen LogP contribution < -0.4 is 0 Å². The Morgan fingerprint density at radius 1 is 1.47 bits per heavy atom. The number of oxime groups is 1. The standard InChI is InChI=1S/C13H15NO3/c1-3-16-13(15)12-8-11(14-17-12)10-6-4-9(2)5-7-10/h4-7,12H,3,8H2,1-2H3. The number of carbonyl (C=O) groups excluding carboxylic acids is 1. The lowest BCUT2D eigenvalue weighted by Crippen LogP contribution is -2.23. The second-order valence-corrected chi connectivity index (χ2v) is 3.95. The van der Waals surface area contributed by atoms with Gasteiger partial charge in [0, 0.05) is 6.42 Å². The average molecular weight is 233 g/mol. The lowest BCUT2D eigenvalue weighted by atomic mass is 10.0. The van der Waals surface area contributed by atoms with Crippen LogP contribution in [-0.2, 0) is 14.4 Å². The van der Waals surface area contributed by atoms with Crippen LogP contribution in [0.2, 0.25) is 0 Å². The molecule has 1 aliphatic heterocycles. The van der Waals surface area contributed by atoms with Gasteiger partial charge in [-0.2, -0.15) is 0 Å². The van der Waals surface area contributed by atoms with Crippen molar-refractivity contribution in [3.63, 3.8) is 0 Å². The largest absolute Gasteiger partial charge is 0.463 e. The summed E-state index contributed by atoms with van der Waals surface area (Å²) in [6.07, 6.45) is -0.117. The van der Waals surface area contributed by atoms with Gasteiger partial charge in [-0.25, -0.2) is 4.79 Å². The zero-order chi connectivity index (χ0) is 12.3. The van der Waals surface area contributed by atoms with Crippen LogP contribution in [0.25, 0.3) is 0 Å². The minimum atomic E-state index is -0.591. The van der Waals surface area contributed by atoms with E-state index < -0.39 is 6.10 Å². The van der Waals surface area contributed by atoms with Gasteiger partial charge in [-0.1, -0.05) is 35.0 Å². The summed E-state index contributed by atoms with van der Waals surface area (Å²) in [5, 5.41) is 3.94. The Morgan fingerprint density at radius 3 is 2.82 bits per heavy atom. The maximum absolute atomic E-state index is 11.5. The number of rotatable bonds is 3. The van der Waals surface area contributed by atoms with E-state index in [2.05, 4.69) is 5.16 Å². The zero-order valence-electron chi connectivity index (χ0n) is 9.97. The van der Waals surface area contributed by atoms with Crippen LogP contribution in [0.15, 0.2) is 29.4 Å². The second-order valence-electron chi connectivity index (χ2n) is 3.95. The fourth-order valence-corrected chi connectivity index (χ4v) is 1.66. The third-order valence-electron chi connectivity index (χ3n) is 2.60. The van der Waals surface area contributed by atoms with E-state index in [1.165, 1.54) is 5.56 Å². The predicted octanol–water partition coefficient (Wildman–Crippen LogP) is 2.05. The quantitative estimate of drug-likeness (QED) is 0.751. The number of hydrogen-bond donors (Lipinski definition) is 0. The van der Waals surface area contributed by atoms with E-state index in [0.717, 1.165) is 11.3 Å². The molecule has 0 amide bonds. The number of esters is 1. The molecule has 4 nitrogen and oxygen atoms in total. The first-order valence-corrected chi connectivity index (χ1v) is 5.67. The highest BCUT2D eigenvalue weighted by molar-refractivity contribution is 6.03. The van der Waals surface area contributed by atoms with Crippen molar-refractivity contribution in [2.24, 2.45) is 5.16 Å². The third kappa shape index (κ3) is 2.64. The average Bonchev–Trinajstić information content (AvgIpc) is 2.80. The van der Waals surface area contributed by atoms with Crippen molar-refractivity contribution in [1.82, 2.24) is 0 Å². The van der Waals surface area contributed by atoms with Crippen molar-refractivity contribution in [3.05, 3.63) is 35.4 Å². The van der Waals surface area contributed by atoms with Crippen LogP contribution in [0.5, 0.6) is 0 Å². The van der Waals surface area contributed by atoms with Crippen molar-refractivity contribution in [2.45, 2.75) is 26.4 Å². The van der Waals surface area contributed by atoms with E-state index in [0.29, 0.717) is 13.0 Å². The van der Waals surface area contributed by atoms with E-state index in [9.17, 15) is 4.79 Å². The maximum Gasteiger partial charge on any atom is 0.350 e. The van der Waals surface area contributed by atoms with Gasteiger partial charge in [0.05, 0.1) is 12.3 Å². The number of benzene rings is 1. The lowest BCUT2D eigenvalue weighted by Gasteiger charge is -2.06. The molecule has 1 aromatic rings. The molecule has 4 heteroatoms. The van der Waals surface area contributed by atoms with Gasteiger partial charge in [0.25, 0.3) is 0 Å². The molecule has 1 aromatic carbocycles. The van der Waals surface area contributed by atoms with E-state index in [4.69, 9.17) is 9.57 Å². The van der Waals surface area contributed by atoms with Crippen molar-refractivity contribution in [2.75, 3.05) is 6.61 Å². The van der Waals surface area contributed by atoms with Gasteiger partial charge in [0.1, 0.15) is 0 Å². The van der Waals surface area contributed by atoms with Crippen LogP contribution in [0.4, 0.5) is 0 Å². The second kappa shape index (κ2) is 4.99. The Balaban J connectivity index is 2.02. The highest BCUT2D eigenvalue weighted by atomic mass is 16.7. The molecule has 2 rings (SSSR count). The Hall–Kier alpha value is -1.84. The minimum absolute atomic E-state index is 0.349. The molecule has 0 aromatic heterocycles. The summed E-state index contributed by atoms with van der Waals surface area (Å²) in [4.78, 5) is 16.5. The summed E-state index contributed by atoms with van der Waals surface area (Å²) in [6, 6.07) is 7.97. The van der Waals surface area contributed by atoms with Crippen molar-refractivity contribution < 1.29 is 14.4 Å². The molecule has 0 fully saturated rings. The van der Waals surface area contributed by atoms with Crippen LogP contribution in [0.1, 0.15) is 24.5 Å². The normalized spacial score (nSPS) is 18.5. The van der Waals surface area contributed by atoms with E-state index in [1.54, 1.807) is 6.92 Å². The summed E-state index contributed by atoms with van der Waals surface area (Å²) in [6.45, 7) is 4.16. The molecular formula is C13H15NO3. The van der Waals surface area contributed by atoms with Crippen LogP contribution in [-0.4, -0.2) is 24.4 Å². The first-order chi connectivity index (χ1) is 8.20. The molecule has 0 saturated heterocycles. The van der Waals surface area contributed by atoms with Gasteiger partial charge in [-0.15, -0.1) is 0 Å². The van der Waals surface area contributed by atoms with Crippen LogP contribution in [0, 0.1) is 6.92 Å². The number of nitrogens with zero attached hydrogens (tertiary/aromatic N) is 1. The predicted molar refractivity (Wildman–Crippen MR) is 63.8 cm³/mol. The molecule has 0 bridgehead atoms. The van der Waals surface area contributed by atoms with Crippen molar-refractivity contribution >= 4 is 11.7 Å². The molecule has 1 heterocycles. The Labute approximate surface area is 100 Å². The van der Waals surface area contributed by atoms with Gasteiger partial charge in [-0.05, 0) is 19.4 Å². The molecule has 0 radical (unpaired) electrons. The Kier molecular flexibility index (Phi) is 3.42. The van der Waals surface area contributed by atoms with Crippen LogP contribution >= 0.6 is 0 Å². The van der Waals surface area contributed by atoms with Gasteiger partial charge in [-0.3, -0.25) is 0 Å². The fraction of sp³-hybridized carbons (Fsp3) is 0.385. The number of ether oxygens (including phenoxy) is 1. The molecule has 1 aliphatic rings. The van der Waals surface area contributed by atoms with E-state index in [-0.39, 0.29) is 5.97 Å². The Morgan fingerprint density at radius 2 is 2.18 bits per heavy atom. The van der Waals surface area contributed by atoms with Gasteiger partial charge in [0.2, 0.25) is 6.10 Å². The number of hydrogen-bond acceptors (Lipinski definition) is 4. The highest BCUT2D eigenvalue weighted by Gasteiger charge is 2.29. The van der Waals surface area contributed by atoms with Gasteiger partial charge in [0.15, 0.2) is 0 Å². The molecule has 0 saturated carbocycles. The van der Waals surface area contributed by atoms with Gasteiger partial charge < -0.3 is 9.57 Å². The first-order valence-electron chi connectivity index (χ1n) is 5.67. The molecule has 1 atom stereocenters. The summed E-state index contributed by atoms with van der Waals surface area (Å²) in [7, 11) is 0.